The quantitative estimate of drug-likeness (QED) is 0.830. The van der Waals surface area contributed by atoms with Crippen LogP contribution in [0.15, 0.2) is 36.4 Å². The summed E-state index contributed by atoms with van der Waals surface area (Å²) in [7, 11) is 0. The van der Waals surface area contributed by atoms with E-state index in [1.807, 2.05) is 6.07 Å². The average molecular weight is 306 g/mol. The number of anilines is 2. The van der Waals surface area contributed by atoms with Crippen LogP contribution in [-0.2, 0) is 0 Å². The number of halogens is 2. The number of amides is 1. The SMILES string of the molecule is N#Cc1ccc(Cl)cc1NC(=O)c1ccc(Cl)cc1N. The van der Waals surface area contributed by atoms with Gasteiger partial charge in [-0.1, -0.05) is 23.2 Å². The maximum atomic E-state index is 12.1. The molecule has 0 heterocycles. The summed E-state index contributed by atoms with van der Waals surface area (Å²) < 4.78 is 0. The predicted molar refractivity (Wildman–Crippen MR) is 80.0 cm³/mol. The minimum atomic E-state index is -0.432. The fraction of sp³-hybridized carbons (Fsp3) is 0. The fourth-order valence-electron chi connectivity index (χ4n) is 1.65. The van der Waals surface area contributed by atoms with E-state index >= 15 is 0 Å². The number of nitrogen functional groups attached to an aromatic ring is 1. The average Bonchev–Trinajstić information content (AvgIpc) is 2.38. The molecule has 2 aromatic carbocycles. The molecular weight excluding hydrogens is 297 g/mol. The number of nitrogens with two attached hydrogens (primary N) is 1. The number of carbonyl (C=O) groups excluding carboxylic acids is 1. The summed E-state index contributed by atoms with van der Waals surface area (Å²) in [6.45, 7) is 0. The highest BCUT2D eigenvalue weighted by molar-refractivity contribution is 6.31. The number of hydrogen-bond acceptors (Lipinski definition) is 3. The van der Waals surface area contributed by atoms with Crippen LogP contribution in [0.4, 0.5) is 11.4 Å². The van der Waals surface area contributed by atoms with Crippen molar-refractivity contribution in [3.05, 3.63) is 57.6 Å². The van der Waals surface area contributed by atoms with E-state index in [0.717, 1.165) is 0 Å². The molecule has 2 aromatic rings. The minimum Gasteiger partial charge on any atom is -0.398 e. The zero-order chi connectivity index (χ0) is 14.7. The smallest absolute Gasteiger partial charge is 0.257 e. The molecule has 1 amide bonds. The molecule has 0 aliphatic carbocycles. The van der Waals surface area contributed by atoms with Gasteiger partial charge in [-0.25, -0.2) is 0 Å². The van der Waals surface area contributed by atoms with Gasteiger partial charge in [-0.2, -0.15) is 5.26 Å². The molecule has 0 radical (unpaired) electrons. The second-order valence-corrected chi connectivity index (χ2v) is 4.86. The Hall–Kier alpha value is -2.22. The van der Waals surface area contributed by atoms with Crippen LogP contribution in [0.25, 0.3) is 0 Å². The van der Waals surface area contributed by atoms with E-state index < -0.39 is 5.91 Å². The number of carbonyl (C=O) groups is 1. The van der Waals surface area contributed by atoms with Crippen molar-refractivity contribution in [1.29, 1.82) is 5.26 Å². The molecule has 6 heteroatoms. The van der Waals surface area contributed by atoms with E-state index in [0.29, 0.717) is 21.3 Å². The monoisotopic (exact) mass is 305 g/mol. The summed E-state index contributed by atoms with van der Waals surface area (Å²) in [5.74, 6) is -0.432. The van der Waals surface area contributed by atoms with Crippen molar-refractivity contribution in [3.8, 4) is 6.07 Å². The topological polar surface area (TPSA) is 78.9 Å². The van der Waals surface area contributed by atoms with Gasteiger partial charge in [-0.15, -0.1) is 0 Å². The Balaban J connectivity index is 2.33. The van der Waals surface area contributed by atoms with Crippen molar-refractivity contribution in [3.63, 3.8) is 0 Å². The summed E-state index contributed by atoms with van der Waals surface area (Å²) in [5.41, 5.74) is 6.92. The van der Waals surface area contributed by atoms with Gasteiger partial charge in [0.05, 0.1) is 16.8 Å². The third-order valence-corrected chi connectivity index (χ3v) is 3.08. The van der Waals surface area contributed by atoms with Crippen molar-refractivity contribution in [2.45, 2.75) is 0 Å². The van der Waals surface area contributed by atoms with Gasteiger partial charge in [-0.05, 0) is 36.4 Å². The van der Waals surface area contributed by atoms with Gasteiger partial charge in [0.1, 0.15) is 6.07 Å². The summed E-state index contributed by atoms with van der Waals surface area (Å²) in [6.07, 6.45) is 0. The first-order valence-corrected chi connectivity index (χ1v) is 6.33. The van der Waals surface area contributed by atoms with Crippen molar-refractivity contribution in [1.82, 2.24) is 0 Å². The molecule has 0 aliphatic rings. The Morgan fingerprint density at radius 2 is 1.80 bits per heavy atom. The highest BCUT2D eigenvalue weighted by atomic mass is 35.5. The number of benzene rings is 2. The van der Waals surface area contributed by atoms with Crippen LogP contribution in [0.5, 0.6) is 0 Å². The van der Waals surface area contributed by atoms with Crippen molar-refractivity contribution >= 4 is 40.5 Å². The highest BCUT2D eigenvalue weighted by Gasteiger charge is 2.12. The molecule has 0 unspecified atom stereocenters. The van der Waals surface area contributed by atoms with E-state index in [1.165, 1.54) is 24.3 Å². The van der Waals surface area contributed by atoms with Crippen molar-refractivity contribution < 1.29 is 4.79 Å². The maximum Gasteiger partial charge on any atom is 0.257 e. The van der Waals surface area contributed by atoms with Gasteiger partial charge in [0.15, 0.2) is 0 Å². The van der Waals surface area contributed by atoms with Crippen LogP contribution >= 0.6 is 23.2 Å². The van der Waals surface area contributed by atoms with E-state index in [2.05, 4.69) is 5.32 Å². The van der Waals surface area contributed by atoms with Crippen LogP contribution in [0.1, 0.15) is 15.9 Å². The molecule has 100 valence electrons. The predicted octanol–water partition coefficient (Wildman–Crippen LogP) is 3.70. The third kappa shape index (κ3) is 3.02. The van der Waals surface area contributed by atoms with Gasteiger partial charge in [0.25, 0.3) is 5.91 Å². The van der Waals surface area contributed by atoms with Crippen molar-refractivity contribution in [2.24, 2.45) is 0 Å². The largest absolute Gasteiger partial charge is 0.398 e. The van der Waals surface area contributed by atoms with Crippen molar-refractivity contribution in [2.75, 3.05) is 11.1 Å². The maximum absolute atomic E-state index is 12.1. The summed E-state index contributed by atoms with van der Waals surface area (Å²) in [4.78, 5) is 12.1. The molecule has 0 atom stereocenters. The molecule has 0 saturated carbocycles. The lowest BCUT2D eigenvalue weighted by Gasteiger charge is -2.09. The van der Waals surface area contributed by atoms with Gasteiger partial charge in [0.2, 0.25) is 0 Å². The Bertz CT molecular complexity index is 723. The molecule has 3 N–H and O–H groups in total. The standard InChI is InChI=1S/C14H9Cl2N3O/c15-9-3-4-11(12(18)5-9)14(20)19-13-6-10(16)2-1-8(13)7-17/h1-6H,18H2,(H,19,20). The van der Waals surface area contributed by atoms with Crippen LogP contribution < -0.4 is 11.1 Å². The molecular formula is C14H9Cl2N3O. The van der Waals surface area contributed by atoms with Gasteiger partial charge in [-0.3, -0.25) is 4.79 Å². The summed E-state index contributed by atoms with van der Waals surface area (Å²) >= 11 is 11.6. The molecule has 0 aromatic heterocycles. The van der Waals surface area contributed by atoms with E-state index in [-0.39, 0.29) is 11.3 Å². The molecule has 0 fully saturated rings. The third-order valence-electron chi connectivity index (χ3n) is 2.61. The molecule has 2 rings (SSSR count). The molecule has 0 bridgehead atoms. The number of nitrogens with one attached hydrogen (secondary N) is 1. The zero-order valence-corrected chi connectivity index (χ0v) is 11.7. The first kappa shape index (κ1) is 14.2. The fourth-order valence-corrected chi connectivity index (χ4v) is 2.00. The first-order chi connectivity index (χ1) is 9.51. The first-order valence-electron chi connectivity index (χ1n) is 5.57. The van der Waals surface area contributed by atoms with Crippen LogP contribution in [0.3, 0.4) is 0 Å². The van der Waals surface area contributed by atoms with Gasteiger partial charge < -0.3 is 11.1 Å². The van der Waals surface area contributed by atoms with Crippen LogP contribution in [-0.4, -0.2) is 5.91 Å². The van der Waals surface area contributed by atoms with E-state index in [9.17, 15) is 4.79 Å². The Kier molecular flexibility index (Phi) is 4.14. The van der Waals surface area contributed by atoms with E-state index in [4.69, 9.17) is 34.2 Å². The summed E-state index contributed by atoms with van der Waals surface area (Å²) in [5, 5.41) is 12.5. The second kappa shape index (κ2) is 5.83. The minimum absolute atomic E-state index is 0.260. The number of nitrogens with zero attached hydrogens (tertiary/aromatic N) is 1. The lowest BCUT2D eigenvalue weighted by Crippen LogP contribution is -2.14. The van der Waals surface area contributed by atoms with E-state index in [1.54, 1.807) is 12.1 Å². The molecule has 0 aliphatic heterocycles. The van der Waals surface area contributed by atoms with Crippen LogP contribution in [0.2, 0.25) is 10.0 Å². The lowest BCUT2D eigenvalue weighted by molar-refractivity contribution is 0.102. The Morgan fingerprint density at radius 3 is 2.45 bits per heavy atom. The molecule has 4 nitrogen and oxygen atoms in total. The highest BCUT2D eigenvalue weighted by Crippen LogP contribution is 2.23. The second-order valence-electron chi connectivity index (χ2n) is 3.99. The van der Waals surface area contributed by atoms with Gasteiger partial charge in [0, 0.05) is 15.7 Å². The van der Waals surface area contributed by atoms with Gasteiger partial charge >= 0.3 is 0 Å². The zero-order valence-electron chi connectivity index (χ0n) is 10.2. The molecule has 20 heavy (non-hydrogen) atoms. The normalized spacial score (nSPS) is 9.85. The summed E-state index contributed by atoms with van der Waals surface area (Å²) in [6, 6.07) is 11.2. The van der Waals surface area contributed by atoms with Crippen LogP contribution in [0, 0.1) is 11.3 Å². The molecule has 0 spiro atoms. The lowest BCUT2D eigenvalue weighted by atomic mass is 10.1. The number of hydrogen-bond donors (Lipinski definition) is 2. The molecule has 0 saturated heterocycles. The number of nitriles is 1. The Morgan fingerprint density at radius 1 is 1.15 bits per heavy atom. The number of rotatable bonds is 2. The Labute approximate surface area is 125 Å².